The molecular weight excluding hydrogens is 522 g/mol. The van der Waals surface area contributed by atoms with E-state index in [1.807, 2.05) is 72.6 Å². The van der Waals surface area contributed by atoms with Crippen molar-refractivity contribution in [2.24, 2.45) is 16.6 Å². The Kier molecular flexibility index (Phi) is 7.85. The zero-order valence-electron chi connectivity index (χ0n) is 21.0. The summed E-state index contributed by atoms with van der Waals surface area (Å²) < 4.78 is 7.52. The highest BCUT2D eigenvalue weighted by atomic mass is 35.5. The monoisotopic (exact) mass is 549 g/mol. The lowest BCUT2D eigenvalue weighted by Crippen LogP contribution is -2.40. The van der Waals surface area contributed by atoms with E-state index in [0.29, 0.717) is 59.1 Å². The lowest BCUT2D eigenvalue weighted by atomic mass is 9.97. The van der Waals surface area contributed by atoms with Gasteiger partial charge in [-0.25, -0.2) is 4.68 Å². The molecule has 2 N–H and O–H groups in total. The fourth-order valence-electron chi connectivity index (χ4n) is 4.44. The first-order chi connectivity index (χ1) is 18.4. The lowest BCUT2D eigenvalue weighted by Gasteiger charge is -2.31. The van der Waals surface area contributed by atoms with Gasteiger partial charge in [0, 0.05) is 36.3 Å². The van der Waals surface area contributed by atoms with Crippen LogP contribution in [0.5, 0.6) is 5.75 Å². The number of rotatable bonds is 7. The highest BCUT2D eigenvalue weighted by Crippen LogP contribution is 2.36. The predicted molar refractivity (Wildman–Crippen MR) is 151 cm³/mol. The Morgan fingerprint density at radius 1 is 1.21 bits per heavy atom. The third-order valence-corrected chi connectivity index (χ3v) is 7.83. The van der Waals surface area contributed by atoms with Crippen molar-refractivity contribution in [1.29, 1.82) is 0 Å². The van der Waals surface area contributed by atoms with Gasteiger partial charge in [-0.2, -0.15) is 10.1 Å². The highest BCUT2D eigenvalue weighted by Gasteiger charge is 2.31. The summed E-state index contributed by atoms with van der Waals surface area (Å²) in [5.74, 6) is -0.0580. The first-order valence-corrected chi connectivity index (χ1v) is 13.8. The maximum Gasteiger partial charge on any atom is 0.286 e. The van der Waals surface area contributed by atoms with Gasteiger partial charge >= 0.3 is 0 Å². The SMILES string of the molecule is CCCOc1ccc(-c2nn(-c3ccccc3)cc2/C=C2\SC(N3CCC(C(N)=O)CC3)=NC2=O)cc1Cl. The van der Waals surface area contributed by atoms with E-state index in [9.17, 15) is 9.59 Å². The van der Waals surface area contributed by atoms with Gasteiger partial charge in [0.15, 0.2) is 5.17 Å². The minimum absolute atomic E-state index is 0.124. The van der Waals surface area contributed by atoms with Gasteiger partial charge in [0.2, 0.25) is 5.91 Å². The summed E-state index contributed by atoms with van der Waals surface area (Å²) in [5, 5.41) is 6.00. The minimum Gasteiger partial charge on any atom is -0.492 e. The summed E-state index contributed by atoms with van der Waals surface area (Å²) in [5.41, 5.74) is 8.63. The fraction of sp³-hybridized carbons (Fsp3) is 0.286. The molecule has 0 atom stereocenters. The summed E-state index contributed by atoms with van der Waals surface area (Å²) in [7, 11) is 0. The van der Waals surface area contributed by atoms with Gasteiger partial charge in [-0.05, 0) is 67.4 Å². The summed E-state index contributed by atoms with van der Waals surface area (Å²) in [6, 6.07) is 15.4. The zero-order valence-corrected chi connectivity index (χ0v) is 22.5. The summed E-state index contributed by atoms with van der Waals surface area (Å²) in [6.07, 6.45) is 5.94. The number of amidine groups is 1. The topological polar surface area (TPSA) is 103 Å². The van der Waals surface area contributed by atoms with E-state index >= 15 is 0 Å². The number of likely N-dealkylation sites (tertiary alicyclic amines) is 1. The quantitative estimate of drug-likeness (QED) is 0.409. The van der Waals surface area contributed by atoms with Crippen LogP contribution in [0.4, 0.5) is 0 Å². The molecule has 38 heavy (non-hydrogen) atoms. The van der Waals surface area contributed by atoms with Crippen molar-refractivity contribution in [3.8, 4) is 22.7 Å². The molecular formula is C28H28ClN5O3S. The molecule has 10 heteroatoms. The number of piperidine rings is 1. The molecule has 8 nitrogen and oxygen atoms in total. The number of benzene rings is 2. The van der Waals surface area contributed by atoms with Gasteiger partial charge in [0.1, 0.15) is 11.4 Å². The van der Waals surface area contributed by atoms with E-state index in [2.05, 4.69) is 4.99 Å². The normalized spacial score (nSPS) is 17.2. The first kappa shape index (κ1) is 26.1. The number of nitrogens with zero attached hydrogens (tertiary/aromatic N) is 4. The van der Waals surface area contributed by atoms with E-state index in [1.165, 1.54) is 11.8 Å². The molecule has 2 aromatic carbocycles. The van der Waals surface area contributed by atoms with Crippen LogP contribution in [-0.4, -0.2) is 51.4 Å². The van der Waals surface area contributed by atoms with Crippen LogP contribution in [0, 0.1) is 5.92 Å². The van der Waals surface area contributed by atoms with Crippen molar-refractivity contribution in [2.45, 2.75) is 26.2 Å². The number of amides is 2. The van der Waals surface area contributed by atoms with Crippen LogP contribution < -0.4 is 10.5 Å². The maximum atomic E-state index is 12.9. The van der Waals surface area contributed by atoms with Gasteiger partial charge < -0.3 is 15.4 Å². The molecule has 2 aliphatic heterocycles. The number of thioether (sulfide) groups is 1. The average Bonchev–Trinajstić information content (AvgIpc) is 3.52. The van der Waals surface area contributed by atoms with Crippen LogP contribution >= 0.6 is 23.4 Å². The van der Waals surface area contributed by atoms with Crippen LogP contribution in [-0.2, 0) is 9.59 Å². The second-order valence-corrected chi connectivity index (χ2v) is 10.6. The van der Waals surface area contributed by atoms with Crippen molar-refractivity contribution >= 4 is 46.4 Å². The molecule has 0 unspecified atom stereocenters. The Balaban J connectivity index is 1.44. The molecule has 5 rings (SSSR count). The Hall–Kier alpha value is -3.56. The molecule has 2 amide bonds. The molecule has 196 valence electrons. The fourth-order valence-corrected chi connectivity index (χ4v) is 5.63. The molecule has 0 spiro atoms. The lowest BCUT2D eigenvalue weighted by molar-refractivity contribution is -0.123. The molecule has 1 aromatic heterocycles. The minimum atomic E-state index is -0.290. The van der Waals surface area contributed by atoms with Crippen molar-refractivity contribution in [3.05, 3.63) is 70.2 Å². The number of carbonyl (C=O) groups excluding carboxylic acids is 2. The second kappa shape index (κ2) is 11.4. The third kappa shape index (κ3) is 5.63. The van der Waals surface area contributed by atoms with Crippen molar-refractivity contribution in [1.82, 2.24) is 14.7 Å². The van der Waals surface area contributed by atoms with Crippen LogP contribution in [0.15, 0.2) is 64.6 Å². The van der Waals surface area contributed by atoms with E-state index in [-0.39, 0.29) is 17.7 Å². The number of aliphatic imine (C=N–C) groups is 1. The Bertz CT molecular complexity index is 1410. The number of halogens is 1. The second-order valence-electron chi connectivity index (χ2n) is 9.18. The van der Waals surface area contributed by atoms with Crippen molar-refractivity contribution < 1.29 is 14.3 Å². The Labute approximate surface area is 230 Å². The average molecular weight is 550 g/mol. The van der Waals surface area contributed by atoms with Gasteiger partial charge in [0.05, 0.1) is 22.2 Å². The number of carbonyl (C=O) groups is 2. The standard InChI is InChI=1S/C28H28ClN5O3S/c1-2-14-37-23-9-8-19(15-22(23)29)25-20(17-34(32-25)21-6-4-3-5-7-21)16-24-27(36)31-28(38-24)33-12-10-18(11-13-33)26(30)35/h3-9,15-18H,2,10-14H2,1H3,(H2,30,35)/b24-16-. The van der Waals surface area contributed by atoms with Gasteiger partial charge in [-0.15, -0.1) is 0 Å². The van der Waals surface area contributed by atoms with E-state index in [0.717, 1.165) is 23.2 Å². The van der Waals surface area contributed by atoms with E-state index in [4.69, 9.17) is 27.2 Å². The molecule has 0 radical (unpaired) electrons. The van der Waals surface area contributed by atoms with Crippen LogP contribution in [0.25, 0.3) is 23.0 Å². The molecule has 0 bridgehead atoms. The Morgan fingerprint density at radius 3 is 2.66 bits per heavy atom. The largest absolute Gasteiger partial charge is 0.492 e. The van der Waals surface area contributed by atoms with Crippen LogP contribution in [0.3, 0.4) is 0 Å². The molecule has 2 aliphatic rings. The smallest absolute Gasteiger partial charge is 0.286 e. The summed E-state index contributed by atoms with van der Waals surface area (Å²) in [6.45, 7) is 3.91. The molecule has 0 aliphatic carbocycles. The molecule has 1 fully saturated rings. The van der Waals surface area contributed by atoms with Gasteiger partial charge in [0.25, 0.3) is 5.91 Å². The number of aromatic nitrogens is 2. The number of primary amides is 1. The van der Waals surface area contributed by atoms with Crippen LogP contribution in [0.2, 0.25) is 5.02 Å². The zero-order chi connectivity index (χ0) is 26.6. The third-order valence-electron chi connectivity index (χ3n) is 6.49. The number of ether oxygens (including phenoxy) is 1. The predicted octanol–water partition coefficient (Wildman–Crippen LogP) is 5.15. The Morgan fingerprint density at radius 2 is 1.97 bits per heavy atom. The molecule has 3 heterocycles. The highest BCUT2D eigenvalue weighted by molar-refractivity contribution is 8.18. The van der Waals surface area contributed by atoms with Crippen molar-refractivity contribution in [3.63, 3.8) is 0 Å². The number of hydrogen-bond donors (Lipinski definition) is 1. The number of hydrogen-bond acceptors (Lipinski definition) is 6. The number of nitrogens with two attached hydrogens (primary N) is 1. The van der Waals surface area contributed by atoms with Gasteiger partial charge in [-0.3, -0.25) is 9.59 Å². The van der Waals surface area contributed by atoms with E-state index in [1.54, 1.807) is 4.68 Å². The van der Waals surface area contributed by atoms with Gasteiger partial charge in [-0.1, -0.05) is 36.7 Å². The summed E-state index contributed by atoms with van der Waals surface area (Å²) >= 11 is 7.88. The van der Waals surface area contributed by atoms with Crippen molar-refractivity contribution in [2.75, 3.05) is 19.7 Å². The molecule has 0 saturated carbocycles. The molecule has 1 saturated heterocycles. The van der Waals surface area contributed by atoms with Crippen LogP contribution in [0.1, 0.15) is 31.7 Å². The summed E-state index contributed by atoms with van der Waals surface area (Å²) in [4.78, 5) is 31.3. The molecule has 3 aromatic rings. The maximum absolute atomic E-state index is 12.9. The van der Waals surface area contributed by atoms with E-state index < -0.39 is 0 Å². The number of para-hydroxylation sites is 1. The first-order valence-electron chi connectivity index (χ1n) is 12.6.